The molecule has 5 nitrogen and oxygen atoms in total. The quantitative estimate of drug-likeness (QED) is 0.830. The molecule has 0 radical (unpaired) electrons. The largest absolute Gasteiger partial charge is 0.320 e. The van der Waals surface area contributed by atoms with Gasteiger partial charge in [0.05, 0.1) is 22.6 Å². The molecule has 4 rings (SSSR count). The number of rotatable bonds is 2. The molecule has 1 aromatic carbocycles. The smallest absolute Gasteiger partial charge is 0.258 e. The molecule has 0 saturated carbocycles. The highest BCUT2D eigenvalue weighted by molar-refractivity contribution is 7.15. The summed E-state index contributed by atoms with van der Waals surface area (Å²) in [5.41, 5.74) is 2.27. The van der Waals surface area contributed by atoms with Gasteiger partial charge in [-0.3, -0.25) is 14.5 Å². The molecule has 26 heavy (non-hydrogen) atoms. The molecule has 1 N–H and O–H groups in total. The van der Waals surface area contributed by atoms with E-state index in [1.807, 2.05) is 24.3 Å². The molecule has 0 atom stereocenters. The summed E-state index contributed by atoms with van der Waals surface area (Å²) in [5, 5.41) is 4.61. The first-order valence-electron chi connectivity index (χ1n) is 8.73. The third kappa shape index (κ3) is 3.13. The summed E-state index contributed by atoms with van der Waals surface area (Å²) >= 11 is 7.68. The monoisotopic (exact) mass is 389 g/mol. The lowest BCUT2D eigenvalue weighted by Gasteiger charge is -2.30. The number of thiophene rings is 1. The minimum absolute atomic E-state index is 0.00921. The Hall–Kier alpha value is -1.89. The van der Waals surface area contributed by atoms with Crippen LogP contribution in [0.15, 0.2) is 29.6 Å². The predicted molar refractivity (Wildman–Crippen MR) is 106 cm³/mol. The van der Waals surface area contributed by atoms with Gasteiger partial charge in [-0.1, -0.05) is 23.7 Å². The summed E-state index contributed by atoms with van der Waals surface area (Å²) in [6.07, 6.45) is 2.49. The molecule has 136 valence electrons. The lowest BCUT2D eigenvalue weighted by Crippen LogP contribution is -2.34. The van der Waals surface area contributed by atoms with Crippen molar-refractivity contribution in [3.05, 3.63) is 39.5 Å². The van der Waals surface area contributed by atoms with E-state index in [9.17, 15) is 9.59 Å². The number of carbonyl (C=O) groups excluding carboxylic acids is 2. The van der Waals surface area contributed by atoms with Gasteiger partial charge in [0.1, 0.15) is 4.34 Å². The highest BCUT2D eigenvalue weighted by Gasteiger charge is 2.33. The van der Waals surface area contributed by atoms with Gasteiger partial charge in [0.25, 0.3) is 5.91 Å². The number of benzene rings is 1. The number of amides is 2. The van der Waals surface area contributed by atoms with Crippen molar-refractivity contribution in [2.75, 3.05) is 30.4 Å². The van der Waals surface area contributed by atoms with Gasteiger partial charge in [-0.05, 0) is 51.0 Å². The number of piperidine rings is 1. The normalized spacial score (nSPS) is 18.1. The zero-order valence-electron chi connectivity index (χ0n) is 14.5. The Morgan fingerprint density at radius 3 is 2.81 bits per heavy atom. The van der Waals surface area contributed by atoms with Crippen molar-refractivity contribution in [2.24, 2.45) is 5.92 Å². The van der Waals surface area contributed by atoms with Crippen molar-refractivity contribution in [3.8, 4) is 0 Å². The first kappa shape index (κ1) is 17.5. The van der Waals surface area contributed by atoms with Gasteiger partial charge in [0.15, 0.2) is 0 Å². The number of anilines is 3. The maximum absolute atomic E-state index is 13.3. The molecule has 7 heteroatoms. The van der Waals surface area contributed by atoms with E-state index in [4.69, 9.17) is 11.6 Å². The summed E-state index contributed by atoms with van der Waals surface area (Å²) in [6.45, 7) is 2.03. The minimum atomic E-state index is -0.231. The van der Waals surface area contributed by atoms with E-state index in [2.05, 4.69) is 17.3 Å². The van der Waals surface area contributed by atoms with Crippen LogP contribution in [-0.4, -0.2) is 36.9 Å². The molecular weight excluding hydrogens is 370 g/mol. The highest BCUT2D eigenvalue weighted by atomic mass is 35.5. The van der Waals surface area contributed by atoms with E-state index in [1.165, 1.54) is 11.3 Å². The minimum Gasteiger partial charge on any atom is -0.320 e. The summed E-state index contributed by atoms with van der Waals surface area (Å²) in [4.78, 5) is 29.8. The Balaban J connectivity index is 1.72. The van der Waals surface area contributed by atoms with Crippen LogP contribution in [0.1, 0.15) is 29.6 Å². The summed E-state index contributed by atoms with van der Waals surface area (Å²) in [5.74, 6) is 0.119. The highest BCUT2D eigenvalue weighted by Crippen LogP contribution is 2.45. The van der Waals surface area contributed by atoms with Crippen LogP contribution in [0.25, 0.3) is 0 Å². The SMILES string of the molecule is CN1CCC(CC(=O)N2c3ccccc3NC(=O)c3csc(Cl)c32)CC1. The molecule has 2 aliphatic rings. The summed E-state index contributed by atoms with van der Waals surface area (Å²) in [7, 11) is 2.11. The van der Waals surface area contributed by atoms with Crippen molar-refractivity contribution >= 4 is 51.8 Å². The topological polar surface area (TPSA) is 52.7 Å². The first-order chi connectivity index (χ1) is 12.5. The Morgan fingerprint density at radius 1 is 1.31 bits per heavy atom. The molecular formula is C19H20ClN3O2S. The summed E-state index contributed by atoms with van der Waals surface area (Å²) < 4.78 is 0.462. The van der Waals surface area contributed by atoms with Crippen LogP contribution in [0.4, 0.5) is 17.1 Å². The van der Waals surface area contributed by atoms with Crippen molar-refractivity contribution < 1.29 is 9.59 Å². The molecule has 2 amide bonds. The van der Waals surface area contributed by atoms with E-state index in [0.29, 0.717) is 39.3 Å². The second-order valence-electron chi connectivity index (χ2n) is 6.92. The fourth-order valence-corrected chi connectivity index (χ4v) is 4.72. The second kappa shape index (κ2) is 7.02. The van der Waals surface area contributed by atoms with Gasteiger partial charge in [0.2, 0.25) is 5.91 Å². The van der Waals surface area contributed by atoms with Crippen LogP contribution in [0.5, 0.6) is 0 Å². The number of hydrogen-bond acceptors (Lipinski definition) is 4. The standard InChI is InChI=1S/C19H20ClN3O2S/c1-22-8-6-12(7-9-22)10-16(24)23-15-5-3-2-4-14(15)21-19(25)13-11-26-18(20)17(13)23/h2-5,11-12H,6-10H2,1H3,(H,21,25). The molecule has 0 bridgehead atoms. The number of para-hydroxylation sites is 2. The number of fused-ring (bicyclic) bond motifs is 2. The number of halogens is 1. The van der Waals surface area contributed by atoms with Gasteiger partial charge in [-0.2, -0.15) is 0 Å². The number of likely N-dealkylation sites (tertiary alicyclic amines) is 1. The molecule has 1 aromatic heterocycles. The van der Waals surface area contributed by atoms with Gasteiger partial charge in [-0.15, -0.1) is 11.3 Å². The Bertz CT molecular complexity index is 858. The van der Waals surface area contributed by atoms with Gasteiger partial charge >= 0.3 is 0 Å². The van der Waals surface area contributed by atoms with E-state index < -0.39 is 0 Å². The second-order valence-corrected chi connectivity index (χ2v) is 8.40. The van der Waals surface area contributed by atoms with Crippen molar-refractivity contribution in [3.63, 3.8) is 0 Å². The van der Waals surface area contributed by atoms with E-state index in [0.717, 1.165) is 25.9 Å². The molecule has 0 aliphatic carbocycles. The average molecular weight is 390 g/mol. The first-order valence-corrected chi connectivity index (χ1v) is 9.99. The maximum atomic E-state index is 13.3. The molecule has 2 aromatic rings. The lowest BCUT2D eigenvalue weighted by molar-refractivity contribution is -0.119. The molecule has 2 aliphatic heterocycles. The van der Waals surface area contributed by atoms with Gasteiger partial charge in [0, 0.05) is 11.8 Å². The fourth-order valence-electron chi connectivity index (χ4n) is 3.65. The molecule has 3 heterocycles. The summed E-state index contributed by atoms with van der Waals surface area (Å²) in [6, 6.07) is 7.38. The lowest BCUT2D eigenvalue weighted by atomic mass is 9.93. The Kier molecular flexibility index (Phi) is 4.73. The van der Waals surface area contributed by atoms with Gasteiger partial charge in [-0.25, -0.2) is 0 Å². The van der Waals surface area contributed by atoms with Crippen molar-refractivity contribution in [1.29, 1.82) is 0 Å². The number of carbonyl (C=O) groups is 2. The number of nitrogens with one attached hydrogen (secondary N) is 1. The third-order valence-corrected chi connectivity index (χ3v) is 6.33. The number of nitrogens with zero attached hydrogens (tertiary/aromatic N) is 2. The molecule has 1 fully saturated rings. The van der Waals surface area contributed by atoms with E-state index in [1.54, 1.807) is 10.3 Å². The van der Waals surface area contributed by atoms with Crippen LogP contribution in [0.2, 0.25) is 4.34 Å². The van der Waals surface area contributed by atoms with Crippen molar-refractivity contribution in [1.82, 2.24) is 4.90 Å². The Morgan fingerprint density at radius 2 is 2.04 bits per heavy atom. The van der Waals surface area contributed by atoms with Crippen molar-refractivity contribution in [2.45, 2.75) is 19.3 Å². The maximum Gasteiger partial charge on any atom is 0.258 e. The van der Waals surface area contributed by atoms with E-state index in [-0.39, 0.29) is 11.8 Å². The van der Waals surface area contributed by atoms with Crippen LogP contribution in [0.3, 0.4) is 0 Å². The number of hydrogen-bond donors (Lipinski definition) is 1. The zero-order chi connectivity index (χ0) is 18.3. The zero-order valence-corrected chi connectivity index (χ0v) is 16.1. The fraction of sp³-hybridized carbons (Fsp3) is 0.368. The average Bonchev–Trinajstić information content (AvgIpc) is 2.94. The Labute approximate surface area is 161 Å². The van der Waals surface area contributed by atoms with E-state index >= 15 is 0 Å². The van der Waals surface area contributed by atoms with Crippen LogP contribution in [0, 0.1) is 5.92 Å². The molecule has 1 saturated heterocycles. The third-order valence-electron chi connectivity index (χ3n) is 5.13. The van der Waals surface area contributed by atoms with Crippen LogP contribution < -0.4 is 10.2 Å². The molecule has 0 unspecified atom stereocenters. The molecule has 0 spiro atoms. The van der Waals surface area contributed by atoms with Crippen LogP contribution in [-0.2, 0) is 4.79 Å². The predicted octanol–water partition coefficient (Wildman–Crippen LogP) is 4.36. The van der Waals surface area contributed by atoms with Crippen LogP contribution >= 0.6 is 22.9 Å². The van der Waals surface area contributed by atoms with Gasteiger partial charge < -0.3 is 10.2 Å².